The fourth-order valence-electron chi connectivity index (χ4n) is 2.36. The third kappa shape index (κ3) is 2.94. The quantitative estimate of drug-likeness (QED) is 0.388. The number of nitrogens with zero attached hydrogens (tertiary/aromatic N) is 1. The maximum atomic E-state index is 12.0. The first-order valence-corrected chi connectivity index (χ1v) is 6.38. The lowest BCUT2D eigenvalue weighted by atomic mass is 9.96. The number of rotatable bonds is 3. The molecule has 0 unspecified atom stereocenters. The highest BCUT2D eigenvalue weighted by Crippen LogP contribution is 2.26. The van der Waals surface area contributed by atoms with Gasteiger partial charge in [-0.2, -0.15) is 0 Å². The molecule has 4 nitrogen and oxygen atoms in total. The summed E-state index contributed by atoms with van der Waals surface area (Å²) in [6.07, 6.45) is 7.02. The van der Waals surface area contributed by atoms with Crippen LogP contribution in [0.2, 0.25) is 0 Å². The number of hydroxylamine groups is 1. The zero-order chi connectivity index (χ0) is 13.0. The zero-order valence-electron chi connectivity index (χ0n) is 10.6. The van der Waals surface area contributed by atoms with Crippen LogP contribution in [0.5, 0.6) is 11.5 Å². The molecule has 0 spiro atoms. The van der Waals surface area contributed by atoms with E-state index < -0.39 is 0 Å². The highest BCUT2D eigenvalue weighted by molar-refractivity contribution is 5.77. The van der Waals surface area contributed by atoms with Crippen molar-refractivity contribution in [2.45, 2.75) is 38.1 Å². The predicted octanol–water partition coefficient (Wildman–Crippen LogP) is 2.66. The fourth-order valence-corrected chi connectivity index (χ4v) is 2.36. The van der Waals surface area contributed by atoms with Gasteiger partial charge in [0.1, 0.15) is 0 Å². The first-order valence-electron chi connectivity index (χ1n) is 6.38. The number of phenols is 1. The van der Waals surface area contributed by atoms with E-state index in [0.29, 0.717) is 5.75 Å². The molecule has 1 saturated carbocycles. The second-order valence-corrected chi connectivity index (χ2v) is 4.71. The minimum absolute atomic E-state index is 0.0877. The zero-order valence-corrected chi connectivity index (χ0v) is 10.6. The third-order valence-corrected chi connectivity index (χ3v) is 3.41. The molecule has 0 amide bonds. The molecule has 2 rings (SSSR count). The van der Waals surface area contributed by atoms with Crippen molar-refractivity contribution in [2.24, 2.45) is 0 Å². The fraction of sp³-hybridized carbons (Fsp3) is 0.500. The van der Waals surface area contributed by atoms with Crippen LogP contribution < -0.4 is 4.74 Å². The molecule has 0 heterocycles. The van der Waals surface area contributed by atoms with Crippen LogP contribution in [0.4, 0.5) is 0 Å². The van der Waals surface area contributed by atoms with Gasteiger partial charge in [0.2, 0.25) is 0 Å². The van der Waals surface area contributed by atoms with E-state index in [0.717, 1.165) is 36.0 Å². The topological polar surface area (TPSA) is 55.5 Å². The number of ether oxygens (including phenoxy) is 1. The molecule has 1 aliphatic carbocycles. The molecular formula is C14H19NO3. The molecular weight excluding hydrogens is 230 g/mol. The van der Waals surface area contributed by atoms with Crippen molar-refractivity contribution < 1.29 is 14.6 Å². The van der Waals surface area contributed by atoms with Gasteiger partial charge < -0.3 is 15.1 Å². The standard InChI is InChI=1S/C14H19NO3/c1-18-14-9-11(7-8-13(14)16)10-15(17)12-5-3-2-4-6-12/h7-10,12,16H,2-6H2,1H3. The summed E-state index contributed by atoms with van der Waals surface area (Å²) in [7, 11) is 1.49. The highest BCUT2D eigenvalue weighted by atomic mass is 16.5. The van der Waals surface area contributed by atoms with Crippen molar-refractivity contribution in [1.29, 1.82) is 0 Å². The Balaban J connectivity index is 2.15. The molecule has 1 fully saturated rings. The Labute approximate surface area is 107 Å². The van der Waals surface area contributed by atoms with E-state index in [4.69, 9.17) is 4.74 Å². The minimum atomic E-state index is 0.0877. The Morgan fingerprint density at radius 2 is 2.06 bits per heavy atom. The Hall–Kier alpha value is -1.71. The van der Waals surface area contributed by atoms with Gasteiger partial charge in [0.05, 0.1) is 7.11 Å². The predicted molar refractivity (Wildman–Crippen MR) is 70.3 cm³/mol. The van der Waals surface area contributed by atoms with Crippen LogP contribution in [0.3, 0.4) is 0 Å². The molecule has 18 heavy (non-hydrogen) atoms. The Kier molecular flexibility index (Phi) is 4.07. The van der Waals surface area contributed by atoms with E-state index in [1.54, 1.807) is 24.4 Å². The monoisotopic (exact) mass is 249 g/mol. The maximum Gasteiger partial charge on any atom is 0.182 e. The van der Waals surface area contributed by atoms with Crippen LogP contribution in [0.1, 0.15) is 37.7 Å². The molecule has 1 N–H and O–H groups in total. The number of aromatic hydroxyl groups is 1. The lowest BCUT2D eigenvalue weighted by Crippen LogP contribution is -2.25. The largest absolute Gasteiger partial charge is 0.624 e. The van der Waals surface area contributed by atoms with Gasteiger partial charge in [0.25, 0.3) is 0 Å². The van der Waals surface area contributed by atoms with Crippen molar-refractivity contribution in [3.63, 3.8) is 0 Å². The lowest BCUT2D eigenvalue weighted by molar-refractivity contribution is -0.500. The van der Waals surface area contributed by atoms with Gasteiger partial charge in [-0.05, 0) is 31.0 Å². The molecule has 4 heteroatoms. The second-order valence-electron chi connectivity index (χ2n) is 4.71. The van der Waals surface area contributed by atoms with Crippen molar-refractivity contribution in [2.75, 3.05) is 7.11 Å². The SMILES string of the molecule is COc1cc(C=[N+]([O-])C2CCCCC2)ccc1O. The van der Waals surface area contributed by atoms with E-state index in [2.05, 4.69) is 0 Å². The van der Waals surface area contributed by atoms with Gasteiger partial charge in [-0.3, -0.25) is 0 Å². The minimum Gasteiger partial charge on any atom is -0.624 e. The average Bonchev–Trinajstić information content (AvgIpc) is 2.42. The Morgan fingerprint density at radius 1 is 1.33 bits per heavy atom. The number of hydrogen-bond acceptors (Lipinski definition) is 3. The van der Waals surface area contributed by atoms with Crippen LogP contribution in [0.25, 0.3) is 0 Å². The molecule has 1 aliphatic rings. The summed E-state index contributed by atoms with van der Waals surface area (Å²) in [4.78, 5) is 0. The molecule has 0 bridgehead atoms. The summed E-state index contributed by atoms with van der Waals surface area (Å²) in [5.74, 6) is 0.477. The van der Waals surface area contributed by atoms with E-state index in [1.165, 1.54) is 13.5 Å². The van der Waals surface area contributed by atoms with Crippen molar-refractivity contribution in [3.8, 4) is 11.5 Å². The summed E-state index contributed by atoms with van der Waals surface area (Å²) in [5.41, 5.74) is 0.755. The Bertz CT molecular complexity index is 437. The second kappa shape index (κ2) is 5.76. The summed E-state index contributed by atoms with van der Waals surface area (Å²) in [6, 6.07) is 5.02. The van der Waals surface area contributed by atoms with Crippen molar-refractivity contribution >= 4 is 6.21 Å². The van der Waals surface area contributed by atoms with Crippen LogP contribution in [-0.4, -0.2) is 29.2 Å². The summed E-state index contributed by atoms with van der Waals surface area (Å²) in [5, 5.41) is 21.5. The first kappa shape index (κ1) is 12.7. The molecule has 1 aromatic carbocycles. The van der Waals surface area contributed by atoms with Gasteiger partial charge >= 0.3 is 0 Å². The molecule has 0 atom stereocenters. The van der Waals surface area contributed by atoms with E-state index >= 15 is 0 Å². The molecule has 98 valence electrons. The molecule has 0 radical (unpaired) electrons. The van der Waals surface area contributed by atoms with Crippen molar-refractivity contribution in [3.05, 3.63) is 29.0 Å². The van der Waals surface area contributed by atoms with Gasteiger partial charge in [-0.1, -0.05) is 6.42 Å². The lowest BCUT2D eigenvalue weighted by Gasteiger charge is -2.20. The maximum absolute atomic E-state index is 12.0. The molecule has 0 aliphatic heterocycles. The third-order valence-electron chi connectivity index (χ3n) is 3.41. The van der Waals surface area contributed by atoms with Crippen molar-refractivity contribution in [1.82, 2.24) is 0 Å². The van der Waals surface area contributed by atoms with E-state index in [-0.39, 0.29) is 11.8 Å². The number of methoxy groups -OCH3 is 1. The van der Waals surface area contributed by atoms with Gasteiger partial charge in [0.15, 0.2) is 23.8 Å². The van der Waals surface area contributed by atoms with Crippen LogP contribution in [0.15, 0.2) is 18.2 Å². The molecule has 0 aromatic heterocycles. The average molecular weight is 249 g/mol. The van der Waals surface area contributed by atoms with Crippen LogP contribution >= 0.6 is 0 Å². The Morgan fingerprint density at radius 3 is 2.72 bits per heavy atom. The number of benzene rings is 1. The molecule has 1 aromatic rings. The van der Waals surface area contributed by atoms with Crippen LogP contribution in [0, 0.1) is 5.21 Å². The van der Waals surface area contributed by atoms with E-state index in [9.17, 15) is 10.3 Å². The highest BCUT2D eigenvalue weighted by Gasteiger charge is 2.19. The van der Waals surface area contributed by atoms with Gasteiger partial charge in [-0.15, -0.1) is 0 Å². The smallest absolute Gasteiger partial charge is 0.182 e. The van der Waals surface area contributed by atoms with Gasteiger partial charge in [-0.25, -0.2) is 4.74 Å². The van der Waals surface area contributed by atoms with Crippen LogP contribution in [-0.2, 0) is 0 Å². The summed E-state index contributed by atoms with van der Waals surface area (Å²) in [6.45, 7) is 0. The summed E-state index contributed by atoms with van der Waals surface area (Å²) >= 11 is 0. The number of hydrogen-bond donors (Lipinski definition) is 1. The molecule has 0 saturated heterocycles. The first-order chi connectivity index (χ1) is 8.70. The van der Waals surface area contributed by atoms with Gasteiger partial charge in [0, 0.05) is 18.4 Å². The summed E-state index contributed by atoms with van der Waals surface area (Å²) < 4.78 is 6.07. The number of phenolic OH excluding ortho intramolecular Hbond substituents is 1. The van der Waals surface area contributed by atoms with E-state index in [1.807, 2.05) is 0 Å². The normalized spacial score (nSPS) is 17.7.